The average molecular weight is 479 g/mol. The Hall–Kier alpha value is -4.28. The normalized spacial score (nSPS) is 13.6. The summed E-state index contributed by atoms with van der Waals surface area (Å²) in [5.41, 5.74) is 4.88. The Bertz CT molecular complexity index is 1420. The molecule has 3 heterocycles. The Labute approximate surface area is 211 Å². The summed E-state index contributed by atoms with van der Waals surface area (Å²) in [5, 5.41) is 10.4. The molecular weight excluding hydrogens is 448 g/mol. The van der Waals surface area contributed by atoms with E-state index in [9.17, 15) is 4.79 Å². The first kappa shape index (κ1) is 23.5. The van der Waals surface area contributed by atoms with Crippen LogP contribution in [0.25, 0.3) is 10.9 Å². The second kappa shape index (κ2) is 10.5. The molecular formula is C29H30N6O. The number of hydrogen-bond acceptors (Lipinski definition) is 5. The lowest BCUT2D eigenvalue weighted by Crippen LogP contribution is -2.26. The number of piperidine rings is 1. The quantitative estimate of drug-likeness (QED) is 0.357. The lowest BCUT2D eigenvalue weighted by molar-refractivity contribution is 0.245. The van der Waals surface area contributed by atoms with Crippen molar-refractivity contribution in [2.45, 2.75) is 12.8 Å². The van der Waals surface area contributed by atoms with Crippen molar-refractivity contribution in [3.63, 3.8) is 0 Å². The molecule has 2 aromatic heterocycles. The van der Waals surface area contributed by atoms with E-state index in [0.29, 0.717) is 5.92 Å². The predicted molar refractivity (Wildman–Crippen MR) is 146 cm³/mol. The molecule has 1 fully saturated rings. The van der Waals surface area contributed by atoms with E-state index < -0.39 is 0 Å². The SMILES string of the molecule is CNC(=O)n1ccc2cc(N(C)c3ccnc(Nc4ccc(C#CC5CCNCC5)cc4)c3)ccc21. The van der Waals surface area contributed by atoms with E-state index in [1.54, 1.807) is 24.0 Å². The van der Waals surface area contributed by atoms with Crippen molar-refractivity contribution >= 4 is 39.8 Å². The molecule has 5 rings (SSSR count). The van der Waals surface area contributed by atoms with Crippen LogP contribution in [-0.4, -0.2) is 42.8 Å². The predicted octanol–water partition coefficient (Wildman–Crippen LogP) is 5.09. The first-order valence-corrected chi connectivity index (χ1v) is 12.2. The standard InChI is InChI=1S/C29H30N6O/c1-30-29(36)35-18-14-23-19-25(9-10-27(23)35)34(2)26-13-17-32-28(20-26)33-24-7-5-21(6-8-24)3-4-22-11-15-31-16-12-22/h5-10,13-14,17-20,22,31H,11-12,15-16H2,1-2H3,(H,30,36)(H,32,33). The van der Waals surface area contributed by atoms with Gasteiger partial charge in [0, 0.05) is 66.5 Å². The fourth-order valence-electron chi connectivity index (χ4n) is 4.42. The molecule has 4 aromatic rings. The summed E-state index contributed by atoms with van der Waals surface area (Å²) in [7, 11) is 3.65. The number of hydrogen-bond donors (Lipinski definition) is 3. The first-order valence-electron chi connectivity index (χ1n) is 12.2. The van der Waals surface area contributed by atoms with Crippen LogP contribution in [0.1, 0.15) is 18.4 Å². The molecule has 3 N–H and O–H groups in total. The Balaban J connectivity index is 1.28. The van der Waals surface area contributed by atoms with E-state index in [-0.39, 0.29) is 6.03 Å². The van der Waals surface area contributed by atoms with E-state index >= 15 is 0 Å². The molecule has 0 bridgehead atoms. The molecule has 0 radical (unpaired) electrons. The number of amides is 1. The highest BCUT2D eigenvalue weighted by Crippen LogP contribution is 2.29. The summed E-state index contributed by atoms with van der Waals surface area (Å²) in [4.78, 5) is 18.6. The molecule has 0 aliphatic carbocycles. The van der Waals surface area contributed by atoms with Crippen molar-refractivity contribution in [3.8, 4) is 11.8 Å². The lowest BCUT2D eigenvalue weighted by Gasteiger charge is -2.20. The van der Waals surface area contributed by atoms with E-state index in [2.05, 4.69) is 43.7 Å². The second-order valence-electron chi connectivity index (χ2n) is 8.94. The summed E-state index contributed by atoms with van der Waals surface area (Å²) in [5.74, 6) is 7.99. The fourth-order valence-corrected chi connectivity index (χ4v) is 4.42. The molecule has 182 valence electrons. The maximum atomic E-state index is 12.1. The maximum Gasteiger partial charge on any atom is 0.325 e. The summed E-state index contributed by atoms with van der Waals surface area (Å²) >= 11 is 0. The first-order chi connectivity index (χ1) is 17.6. The number of carbonyl (C=O) groups excluding carboxylic acids is 1. The van der Waals surface area contributed by atoms with Crippen molar-refractivity contribution in [2.24, 2.45) is 5.92 Å². The third-order valence-corrected chi connectivity index (χ3v) is 6.54. The van der Waals surface area contributed by atoms with Crippen LogP contribution in [0, 0.1) is 17.8 Å². The van der Waals surface area contributed by atoms with Gasteiger partial charge >= 0.3 is 6.03 Å². The number of rotatable bonds is 4. The van der Waals surface area contributed by atoms with Gasteiger partial charge in [0.15, 0.2) is 0 Å². The van der Waals surface area contributed by atoms with Crippen LogP contribution in [0.3, 0.4) is 0 Å². The van der Waals surface area contributed by atoms with Crippen molar-refractivity contribution < 1.29 is 4.79 Å². The Morgan fingerprint density at radius 3 is 2.61 bits per heavy atom. The van der Waals surface area contributed by atoms with Gasteiger partial charge in [-0.25, -0.2) is 9.78 Å². The molecule has 0 unspecified atom stereocenters. The monoisotopic (exact) mass is 478 g/mol. The zero-order valence-corrected chi connectivity index (χ0v) is 20.6. The second-order valence-corrected chi connectivity index (χ2v) is 8.94. The average Bonchev–Trinajstić information content (AvgIpc) is 3.36. The van der Waals surface area contributed by atoms with E-state index in [1.807, 2.05) is 61.6 Å². The number of carbonyl (C=O) groups is 1. The number of benzene rings is 2. The molecule has 0 spiro atoms. The number of aromatic nitrogens is 2. The number of nitrogens with zero attached hydrogens (tertiary/aromatic N) is 3. The van der Waals surface area contributed by atoms with Crippen LogP contribution in [0.15, 0.2) is 73.1 Å². The molecule has 1 amide bonds. The van der Waals surface area contributed by atoms with E-state index in [0.717, 1.165) is 65.3 Å². The highest BCUT2D eigenvalue weighted by Gasteiger charge is 2.11. The van der Waals surface area contributed by atoms with Gasteiger partial charge in [-0.3, -0.25) is 4.57 Å². The van der Waals surface area contributed by atoms with Gasteiger partial charge in [0.25, 0.3) is 0 Å². The zero-order valence-electron chi connectivity index (χ0n) is 20.6. The largest absolute Gasteiger partial charge is 0.344 e. The van der Waals surface area contributed by atoms with Crippen LogP contribution < -0.4 is 20.9 Å². The van der Waals surface area contributed by atoms with Crippen molar-refractivity contribution in [2.75, 3.05) is 37.4 Å². The van der Waals surface area contributed by atoms with Crippen LogP contribution in [0.2, 0.25) is 0 Å². The Kier molecular flexibility index (Phi) is 6.87. The van der Waals surface area contributed by atoms with Crippen LogP contribution in [0.5, 0.6) is 0 Å². The van der Waals surface area contributed by atoms with Gasteiger partial charge in [0.1, 0.15) is 5.82 Å². The number of fused-ring (bicyclic) bond motifs is 1. The van der Waals surface area contributed by atoms with Crippen molar-refractivity contribution in [3.05, 3.63) is 78.6 Å². The summed E-state index contributed by atoms with van der Waals surface area (Å²) in [6, 6.07) is 20.0. The third-order valence-electron chi connectivity index (χ3n) is 6.54. The molecule has 2 aromatic carbocycles. The molecule has 0 saturated carbocycles. The van der Waals surface area contributed by atoms with E-state index in [4.69, 9.17) is 0 Å². The molecule has 7 nitrogen and oxygen atoms in total. The zero-order chi connectivity index (χ0) is 24.9. The highest BCUT2D eigenvalue weighted by molar-refractivity contribution is 5.93. The van der Waals surface area contributed by atoms with Gasteiger partial charge < -0.3 is 20.9 Å². The van der Waals surface area contributed by atoms with Crippen LogP contribution in [-0.2, 0) is 0 Å². The van der Waals surface area contributed by atoms with Gasteiger partial charge in [-0.15, -0.1) is 0 Å². The van der Waals surface area contributed by atoms with Crippen molar-refractivity contribution in [1.82, 2.24) is 20.2 Å². The topological polar surface area (TPSA) is 74.2 Å². The van der Waals surface area contributed by atoms with Gasteiger partial charge in [-0.2, -0.15) is 0 Å². The molecule has 36 heavy (non-hydrogen) atoms. The molecule has 0 atom stereocenters. The number of anilines is 4. The Morgan fingerprint density at radius 1 is 1.06 bits per heavy atom. The van der Waals surface area contributed by atoms with Gasteiger partial charge in [-0.05, 0) is 80.5 Å². The minimum atomic E-state index is -0.155. The fraction of sp³-hybridized carbons (Fsp3) is 0.241. The number of nitrogens with one attached hydrogen (secondary N) is 3. The van der Waals surface area contributed by atoms with E-state index in [1.165, 1.54) is 0 Å². The van der Waals surface area contributed by atoms with Gasteiger partial charge in [0.05, 0.1) is 5.52 Å². The van der Waals surface area contributed by atoms with Crippen molar-refractivity contribution in [1.29, 1.82) is 0 Å². The highest BCUT2D eigenvalue weighted by atomic mass is 16.2. The number of pyridine rings is 1. The smallest absolute Gasteiger partial charge is 0.325 e. The van der Waals surface area contributed by atoms with Crippen LogP contribution >= 0.6 is 0 Å². The lowest BCUT2D eigenvalue weighted by atomic mass is 9.98. The Morgan fingerprint density at radius 2 is 1.83 bits per heavy atom. The molecule has 1 aliphatic rings. The minimum Gasteiger partial charge on any atom is -0.344 e. The van der Waals surface area contributed by atoms with Crippen LogP contribution in [0.4, 0.5) is 27.7 Å². The van der Waals surface area contributed by atoms with Gasteiger partial charge in [-0.1, -0.05) is 11.8 Å². The molecule has 1 aliphatic heterocycles. The molecule has 1 saturated heterocycles. The maximum absolute atomic E-state index is 12.1. The summed E-state index contributed by atoms with van der Waals surface area (Å²) < 4.78 is 1.61. The minimum absolute atomic E-state index is 0.155. The third kappa shape index (κ3) is 5.19. The molecule has 7 heteroatoms. The van der Waals surface area contributed by atoms with Gasteiger partial charge in [0.2, 0.25) is 0 Å². The summed E-state index contributed by atoms with van der Waals surface area (Å²) in [6.07, 6.45) is 5.83. The summed E-state index contributed by atoms with van der Waals surface area (Å²) in [6.45, 7) is 2.12.